The van der Waals surface area contributed by atoms with Gasteiger partial charge in [0.25, 0.3) is 0 Å². The van der Waals surface area contributed by atoms with Crippen LogP contribution >= 0.6 is 0 Å². The average Bonchev–Trinajstić information content (AvgIpc) is 2.77. The molecule has 1 heterocycles. The molecule has 0 saturated heterocycles. The summed E-state index contributed by atoms with van der Waals surface area (Å²) in [4.78, 5) is 13.3. The molecular formula is C24H20O5. The lowest BCUT2D eigenvalue weighted by atomic mass is 9.89. The van der Waals surface area contributed by atoms with Crippen LogP contribution in [0.25, 0.3) is 6.08 Å². The van der Waals surface area contributed by atoms with Crippen LogP contribution in [0.15, 0.2) is 72.3 Å². The van der Waals surface area contributed by atoms with Crippen molar-refractivity contribution in [1.82, 2.24) is 0 Å². The molecule has 5 heteroatoms. The standard InChI is InChI=1S/C24H20O5/c1-27-20-13-15(14-21(28-2)23(20)26)12-18-22(25)17-10-6-7-11-19(17)29-24(18)16-8-4-3-5-9-16/h3-14,24,26H,1-2H3/b18-12-/t24-/m1/s1. The Balaban J connectivity index is 1.88. The number of phenols is 1. The highest BCUT2D eigenvalue weighted by atomic mass is 16.5. The summed E-state index contributed by atoms with van der Waals surface area (Å²) in [5, 5.41) is 10.2. The van der Waals surface area contributed by atoms with Crippen LogP contribution < -0.4 is 14.2 Å². The molecule has 0 amide bonds. The highest BCUT2D eigenvalue weighted by molar-refractivity contribution is 6.14. The van der Waals surface area contributed by atoms with Crippen LogP contribution in [0.2, 0.25) is 0 Å². The van der Waals surface area contributed by atoms with Crippen LogP contribution in [-0.4, -0.2) is 25.1 Å². The van der Waals surface area contributed by atoms with Gasteiger partial charge in [-0.15, -0.1) is 0 Å². The second-order valence-corrected chi connectivity index (χ2v) is 6.61. The van der Waals surface area contributed by atoms with Crippen molar-refractivity contribution in [2.45, 2.75) is 6.10 Å². The van der Waals surface area contributed by atoms with Gasteiger partial charge in [-0.2, -0.15) is 0 Å². The SMILES string of the molecule is COc1cc(/C=C2/C(=O)c3ccccc3O[C@@H]2c2ccccc2)cc(OC)c1O. The third-order valence-corrected chi connectivity index (χ3v) is 4.85. The largest absolute Gasteiger partial charge is 0.502 e. The third kappa shape index (κ3) is 3.43. The Kier molecular flexibility index (Phi) is 4.96. The number of Topliss-reactive ketones (excluding diaryl/α,β-unsaturated/α-hetero) is 1. The van der Waals surface area contributed by atoms with Crippen molar-refractivity contribution in [3.8, 4) is 23.0 Å². The lowest BCUT2D eigenvalue weighted by Gasteiger charge is -2.28. The molecule has 0 aromatic heterocycles. The lowest BCUT2D eigenvalue weighted by molar-refractivity contribution is 0.0963. The number of hydrogen-bond donors (Lipinski definition) is 1. The first-order valence-corrected chi connectivity index (χ1v) is 9.14. The van der Waals surface area contributed by atoms with E-state index in [1.54, 1.807) is 30.3 Å². The molecule has 0 radical (unpaired) electrons. The first kappa shape index (κ1) is 18.6. The second-order valence-electron chi connectivity index (χ2n) is 6.61. The van der Waals surface area contributed by atoms with E-state index >= 15 is 0 Å². The maximum absolute atomic E-state index is 13.3. The van der Waals surface area contributed by atoms with E-state index in [0.717, 1.165) is 5.56 Å². The van der Waals surface area contributed by atoms with Crippen molar-refractivity contribution >= 4 is 11.9 Å². The summed E-state index contributed by atoms with van der Waals surface area (Å²) in [6.45, 7) is 0. The zero-order chi connectivity index (χ0) is 20.4. The van der Waals surface area contributed by atoms with E-state index < -0.39 is 6.10 Å². The minimum absolute atomic E-state index is 0.0895. The molecule has 29 heavy (non-hydrogen) atoms. The van der Waals surface area contributed by atoms with Gasteiger partial charge in [-0.05, 0) is 41.5 Å². The van der Waals surface area contributed by atoms with Crippen LogP contribution in [0, 0.1) is 0 Å². The van der Waals surface area contributed by atoms with Gasteiger partial charge in [0.05, 0.1) is 19.8 Å². The van der Waals surface area contributed by atoms with Crippen LogP contribution in [0.1, 0.15) is 27.6 Å². The van der Waals surface area contributed by atoms with E-state index in [9.17, 15) is 9.90 Å². The summed E-state index contributed by atoms with van der Waals surface area (Å²) in [6.07, 6.45) is 1.20. The van der Waals surface area contributed by atoms with Crippen molar-refractivity contribution < 1.29 is 24.1 Å². The molecule has 0 unspecified atom stereocenters. The van der Waals surface area contributed by atoms with Gasteiger partial charge in [-0.1, -0.05) is 42.5 Å². The fraction of sp³-hybridized carbons (Fsp3) is 0.125. The van der Waals surface area contributed by atoms with Gasteiger partial charge in [0.1, 0.15) is 5.75 Å². The molecule has 0 fully saturated rings. The van der Waals surface area contributed by atoms with Crippen LogP contribution in [0.5, 0.6) is 23.0 Å². The molecule has 1 atom stereocenters. The van der Waals surface area contributed by atoms with E-state index in [0.29, 0.717) is 22.4 Å². The zero-order valence-electron chi connectivity index (χ0n) is 16.1. The normalized spacial score (nSPS) is 16.8. The number of aromatic hydroxyl groups is 1. The number of methoxy groups -OCH3 is 2. The topological polar surface area (TPSA) is 65.0 Å². The summed E-state index contributed by atoms with van der Waals surface area (Å²) in [5.74, 6) is 0.887. The molecular weight excluding hydrogens is 368 g/mol. The molecule has 146 valence electrons. The molecule has 3 aromatic carbocycles. The number of hydrogen-bond acceptors (Lipinski definition) is 5. The highest BCUT2D eigenvalue weighted by Gasteiger charge is 2.32. The van der Waals surface area contributed by atoms with Crippen molar-refractivity contribution in [3.63, 3.8) is 0 Å². The number of ketones is 1. The molecule has 4 rings (SSSR count). The maximum Gasteiger partial charge on any atom is 0.200 e. The molecule has 1 N–H and O–H groups in total. The quantitative estimate of drug-likeness (QED) is 0.650. The average molecular weight is 388 g/mol. The van der Waals surface area contributed by atoms with E-state index in [1.807, 2.05) is 42.5 Å². The molecule has 0 aliphatic carbocycles. The predicted octanol–water partition coefficient (Wildman–Crippen LogP) is 4.81. The molecule has 3 aromatic rings. The summed E-state index contributed by atoms with van der Waals surface area (Å²) in [7, 11) is 2.92. The van der Waals surface area contributed by atoms with Gasteiger partial charge in [0.15, 0.2) is 23.4 Å². The third-order valence-electron chi connectivity index (χ3n) is 4.85. The Morgan fingerprint density at radius 2 is 1.55 bits per heavy atom. The summed E-state index contributed by atoms with van der Waals surface area (Å²) >= 11 is 0. The number of carbonyl (C=O) groups excluding carboxylic acids is 1. The Hall–Kier alpha value is -3.73. The number of phenolic OH excluding ortho intramolecular Hbond substituents is 1. The number of fused-ring (bicyclic) bond motifs is 1. The first-order valence-electron chi connectivity index (χ1n) is 9.14. The molecule has 0 spiro atoms. The van der Waals surface area contributed by atoms with Gasteiger partial charge in [-0.3, -0.25) is 4.79 Å². The van der Waals surface area contributed by atoms with Crippen molar-refractivity contribution in [3.05, 3.63) is 89.0 Å². The number of carbonyl (C=O) groups is 1. The Bertz CT molecular complexity index is 1060. The van der Waals surface area contributed by atoms with Crippen molar-refractivity contribution in [2.75, 3.05) is 14.2 Å². The van der Waals surface area contributed by atoms with Gasteiger partial charge in [-0.25, -0.2) is 0 Å². The zero-order valence-corrected chi connectivity index (χ0v) is 16.1. The van der Waals surface area contributed by atoms with Crippen LogP contribution in [0.4, 0.5) is 0 Å². The summed E-state index contributed by atoms with van der Waals surface area (Å²) < 4.78 is 16.7. The molecule has 1 aliphatic heterocycles. The monoisotopic (exact) mass is 388 g/mol. The smallest absolute Gasteiger partial charge is 0.200 e. The number of ether oxygens (including phenoxy) is 3. The Morgan fingerprint density at radius 1 is 0.931 bits per heavy atom. The fourth-order valence-electron chi connectivity index (χ4n) is 3.42. The maximum atomic E-state index is 13.3. The van der Waals surface area contributed by atoms with Crippen molar-refractivity contribution in [2.24, 2.45) is 0 Å². The number of rotatable bonds is 4. The van der Waals surface area contributed by atoms with E-state index in [2.05, 4.69) is 0 Å². The van der Waals surface area contributed by atoms with E-state index in [4.69, 9.17) is 14.2 Å². The lowest BCUT2D eigenvalue weighted by Crippen LogP contribution is -2.23. The Labute approximate surface area is 168 Å². The minimum atomic E-state index is -0.551. The number of para-hydroxylation sites is 1. The van der Waals surface area contributed by atoms with E-state index in [-0.39, 0.29) is 23.0 Å². The predicted molar refractivity (Wildman–Crippen MR) is 110 cm³/mol. The van der Waals surface area contributed by atoms with E-state index in [1.165, 1.54) is 14.2 Å². The van der Waals surface area contributed by atoms with Gasteiger partial charge in [0.2, 0.25) is 5.75 Å². The second kappa shape index (κ2) is 7.72. The Morgan fingerprint density at radius 3 is 2.21 bits per heavy atom. The molecule has 1 aliphatic rings. The van der Waals surface area contributed by atoms with Gasteiger partial charge >= 0.3 is 0 Å². The first-order chi connectivity index (χ1) is 14.1. The minimum Gasteiger partial charge on any atom is -0.502 e. The summed E-state index contributed by atoms with van der Waals surface area (Å²) in [6, 6.07) is 20.1. The molecule has 5 nitrogen and oxygen atoms in total. The summed E-state index contributed by atoms with van der Waals surface area (Å²) in [5.41, 5.74) is 2.54. The molecule has 0 saturated carbocycles. The fourth-order valence-corrected chi connectivity index (χ4v) is 3.42. The van der Waals surface area contributed by atoms with Gasteiger partial charge < -0.3 is 19.3 Å². The number of benzene rings is 3. The van der Waals surface area contributed by atoms with Crippen LogP contribution in [-0.2, 0) is 0 Å². The van der Waals surface area contributed by atoms with Crippen LogP contribution in [0.3, 0.4) is 0 Å². The highest BCUT2D eigenvalue weighted by Crippen LogP contribution is 2.41. The van der Waals surface area contributed by atoms with Crippen molar-refractivity contribution in [1.29, 1.82) is 0 Å². The van der Waals surface area contributed by atoms with Gasteiger partial charge in [0, 0.05) is 5.57 Å². The molecule has 0 bridgehead atoms.